The molecule has 1 aliphatic rings. The van der Waals surface area contributed by atoms with Crippen molar-refractivity contribution in [2.75, 3.05) is 25.2 Å². The molecule has 0 atom stereocenters. The molecule has 0 amide bonds. The van der Waals surface area contributed by atoms with E-state index in [1.54, 1.807) is 19.2 Å². The van der Waals surface area contributed by atoms with Crippen LogP contribution in [-0.4, -0.2) is 42.4 Å². The van der Waals surface area contributed by atoms with Crippen molar-refractivity contribution in [1.82, 2.24) is 4.98 Å². The van der Waals surface area contributed by atoms with E-state index < -0.39 is 5.97 Å². The van der Waals surface area contributed by atoms with Gasteiger partial charge in [-0.25, -0.2) is 9.78 Å². The van der Waals surface area contributed by atoms with E-state index in [2.05, 4.69) is 9.88 Å². The number of aromatic carboxylic acids is 1. The van der Waals surface area contributed by atoms with Crippen molar-refractivity contribution in [3.8, 4) is 0 Å². The van der Waals surface area contributed by atoms with Gasteiger partial charge in [0.2, 0.25) is 0 Å². The predicted molar refractivity (Wildman–Crippen MR) is 63.4 cm³/mol. The Morgan fingerprint density at radius 2 is 2.35 bits per heavy atom. The monoisotopic (exact) mass is 236 g/mol. The molecule has 1 heterocycles. The number of hydrogen-bond donors (Lipinski definition) is 1. The predicted octanol–water partition coefficient (Wildman–Crippen LogP) is 1.40. The fraction of sp³-hybridized carbons (Fsp3) is 0.500. The molecule has 17 heavy (non-hydrogen) atoms. The molecule has 0 bridgehead atoms. The van der Waals surface area contributed by atoms with E-state index in [9.17, 15) is 4.79 Å². The number of aromatic nitrogens is 1. The molecule has 92 valence electrons. The summed E-state index contributed by atoms with van der Waals surface area (Å²) in [6.45, 7) is 1.44. The molecule has 0 saturated heterocycles. The minimum Gasteiger partial charge on any atom is -0.478 e. The fourth-order valence-electron chi connectivity index (χ4n) is 1.74. The molecule has 0 spiro atoms. The highest BCUT2D eigenvalue weighted by molar-refractivity contribution is 5.87. The van der Waals surface area contributed by atoms with E-state index in [4.69, 9.17) is 9.84 Å². The van der Waals surface area contributed by atoms with E-state index in [-0.39, 0.29) is 5.56 Å². The van der Waals surface area contributed by atoms with Gasteiger partial charge in [-0.2, -0.15) is 0 Å². The Hall–Kier alpha value is -1.62. The first-order chi connectivity index (χ1) is 8.22. The maximum Gasteiger partial charge on any atom is 0.337 e. The topological polar surface area (TPSA) is 62.7 Å². The molecule has 5 nitrogen and oxygen atoms in total. The third kappa shape index (κ3) is 2.94. The normalized spacial score (nSPS) is 14.6. The number of carboxylic acids is 1. The molecule has 2 rings (SSSR count). The van der Waals surface area contributed by atoms with Crippen LogP contribution in [0.1, 0.15) is 23.2 Å². The van der Waals surface area contributed by atoms with Crippen molar-refractivity contribution >= 4 is 11.8 Å². The van der Waals surface area contributed by atoms with E-state index in [1.165, 1.54) is 19.0 Å². The van der Waals surface area contributed by atoms with Gasteiger partial charge in [-0.1, -0.05) is 0 Å². The first-order valence-corrected chi connectivity index (χ1v) is 5.67. The molecule has 1 aromatic rings. The lowest BCUT2D eigenvalue weighted by atomic mass is 10.3. The van der Waals surface area contributed by atoms with E-state index >= 15 is 0 Å². The lowest BCUT2D eigenvalue weighted by molar-refractivity contribution is 0.0696. The van der Waals surface area contributed by atoms with Crippen molar-refractivity contribution in [3.05, 3.63) is 23.9 Å². The molecule has 0 radical (unpaired) electrons. The number of ether oxygens (including phenoxy) is 1. The Kier molecular flexibility index (Phi) is 3.58. The summed E-state index contributed by atoms with van der Waals surface area (Å²) in [7, 11) is 1.67. The number of anilines is 1. The van der Waals surface area contributed by atoms with Crippen LogP contribution in [0.4, 0.5) is 5.82 Å². The second-order valence-electron chi connectivity index (χ2n) is 4.13. The zero-order valence-electron chi connectivity index (χ0n) is 9.80. The summed E-state index contributed by atoms with van der Waals surface area (Å²) >= 11 is 0. The second kappa shape index (κ2) is 5.14. The van der Waals surface area contributed by atoms with Crippen LogP contribution in [0.25, 0.3) is 0 Å². The van der Waals surface area contributed by atoms with E-state index in [1.807, 2.05) is 0 Å². The largest absolute Gasteiger partial charge is 0.478 e. The molecule has 5 heteroatoms. The Balaban J connectivity index is 2.09. The van der Waals surface area contributed by atoms with Gasteiger partial charge < -0.3 is 14.7 Å². The van der Waals surface area contributed by atoms with Gasteiger partial charge in [-0.05, 0) is 25.0 Å². The first kappa shape index (κ1) is 11.9. The quantitative estimate of drug-likeness (QED) is 0.808. The molecule has 0 unspecified atom stereocenters. The molecule has 1 N–H and O–H groups in total. The number of hydrogen-bond acceptors (Lipinski definition) is 4. The lowest BCUT2D eigenvalue weighted by Gasteiger charge is -2.22. The van der Waals surface area contributed by atoms with Crippen LogP contribution in [-0.2, 0) is 4.74 Å². The van der Waals surface area contributed by atoms with Crippen LogP contribution in [0.15, 0.2) is 18.3 Å². The van der Waals surface area contributed by atoms with Gasteiger partial charge in [0, 0.05) is 25.9 Å². The summed E-state index contributed by atoms with van der Waals surface area (Å²) in [4.78, 5) is 17.1. The molecule has 0 aliphatic heterocycles. The molecule has 1 saturated carbocycles. The highest BCUT2D eigenvalue weighted by Crippen LogP contribution is 2.30. The highest BCUT2D eigenvalue weighted by atomic mass is 16.5. The lowest BCUT2D eigenvalue weighted by Crippen LogP contribution is -2.30. The summed E-state index contributed by atoms with van der Waals surface area (Å²) in [6, 6.07) is 3.89. The number of pyridine rings is 1. The van der Waals surface area contributed by atoms with Gasteiger partial charge in [0.15, 0.2) is 0 Å². The van der Waals surface area contributed by atoms with Crippen molar-refractivity contribution in [3.63, 3.8) is 0 Å². The van der Waals surface area contributed by atoms with E-state index in [0.717, 1.165) is 12.4 Å². The molecule has 0 aromatic carbocycles. The SMILES string of the molecule is COCCN(c1ccc(C(=O)O)cn1)C1CC1. The average molecular weight is 236 g/mol. The summed E-state index contributed by atoms with van der Waals surface area (Å²) in [5.41, 5.74) is 0.219. The van der Waals surface area contributed by atoms with Gasteiger partial charge in [0.05, 0.1) is 12.2 Å². The van der Waals surface area contributed by atoms with Gasteiger partial charge >= 0.3 is 5.97 Å². The Morgan fingerprint density at radius 1 is 1.59 bits per heavy atom. The average Bonchev–Trinajstić information content (AvgIpc) is 3.14. The number of methoxy groups -OCH3 is 1. The van der Waals surface area contributed by atoms with Gasteiger partial charge in [0.1, 0.15) is 5.82 Å². The number of nitrogens with zero attached hydrogens (tertiary/aromatic N) is 2. The Morgan fingerprint density at radius 3 is 2.82 bits per heavy atom. The molecule has 1 aromatic heterocycles. The molecule has 1 fully saturated rings. The zero-order valence-corrected chi connectivity index (χ0v) is 9.80. The highest BCUT2D eigenvalue weighted by Gasteiger charge is 2.29. The van der Waals surface area contributed by atoms with E-state index in [0.29, 0.717) is 12.6 Å². The standard InChI is InChI=1S/C12H16N2O3/c1-17-7-6-14(10-3-4-10)11-5-2-9(8-13-11)12(15)16/h2,5,8,10H,3-4,6-7H2,1H3,(H,15,16). The van der Waals surface area contributed by atoms with Gasteiger partial charge in [-0.3, -0.25) is 0 Å². The Bertz CT molecular complexity index is 387. The van der Waals surface area contributed by atoms with Gasteiger partial charge in [0.25, 0.3) is 0 Å². The van der Waals surface area contributed by atoms with Crippen LogP contribution in [0.5, 0.6) is 0 Å². The second-order valence-corrected chi connectivity index (χ2v) is 4.13. The number of carboxylic acid groups (broad SMARTS) is 1. The number of rotatable bonds is 6. The smallest absolute Gasteiger partial charge is 0.337 e. The third-order valence-corrected chi connectivity index (χ3v) is 2.81. The zero-order chi connectivity index (χ0) is 12.3. The molecule has 1 aliphatic carbocycles. The third-order valence-electron chi connectivity index (χ3n) is 2.81. The minimum atomic E-state index is -0.945. The van der Waals surface area contributed by atoms with Crippen LogP contribution < -0.4 is 4.90 Å². The summed E-state index contributed by atoms with van der Waals surface area (Å²) in [5.74, 6) is -0.117. The van der Waals surface area contributed by atoms with Crippen molar-refractivity contribution in [2.45, 2.75) is 18.9 Å². The van der Waals surface area contributed by atoms with Crippen molar-refractivity contribution < 1.29 is 14.6 Å². The fourth-order valence-corrected chi connectivity index (χ4v) is 1.74. The Labute approximate surface area is 100 Å². The maximum atomic E-state index is 10.7. The number of carbonyl (C=O) groups is 1. The summed E-state index contributed by atoms with van der Waals surface area (Å²) < 4.78 is 5.07. The molecular weight excluding hydrogens is 220 g/mol. The van der Waals surface area contributed by atoms with Crippen molar-refractivity contribution in [2.24, 2.45) is 0 Å². The summed E-state index contributed by atoms with van der Waals surface area (Å²) in [6.07, 6.45) is 3.75. The van der Waals surface area contributed by atoms with Crippen LogP contribution in [0.2, 0.25) is 0 Å². The van der Waals surface area contributed by atoms with Crippen LogP contribution >= 0.6 is 0 Å². The van der Waals surface area contributed by atoms with Crippen LogP contribution in [0, 0.1) is 0 Å². The van der Waals surface area contributed by atoms with Crippen molar-refractivity contribution in [1.29, 1.82) is 0 Å². The molecular formula is C12H16N2O3. The van der Waals surface area contributed by atoms with Gasteiger partial charge in [-0.15, -0.1) is 0 Å². The maximum absolute atomic E-state index is 10.7. The minimum absolute atomic E-state index is 0.219. The first-order valence-electron chi connectivity index (χ1n) is 5.67. The summed E-state index contributed by atoms with van der Waals surface area (Å²) in [5, 5.41) is 8.80. The van der Waals surface area contributed by atoms with Crippen LogP contribution in [0.3, 0.4) is 0 Å².